The molecule has 106 valence electrons. The standard InChI is InChI=1S/C13H24N6/c1-5-10-9(2)12(17-14)16-13(15-10)11-8-18(3)6-7-19(11)4/h11H,5-8,14H2,1-4H3,(H,15,16,17). The lowest BCUT2D eigenvalue weighted by Crippen LogP contribution is -2.45. The number of hydrazine groups is 1. The molecule has 1 fully saturated rings. The quantitative estimate of drug-likeness (QED) is 0.614. The molecule has 0 aliphatic carbocycles. The van der Waals surface area contributed by atoms with Gasteiger partial charge in [-0.3, -0.25) is 4.90 Å². The number of hydrogen-bond donors (Lipinski definition) is 2. The maximum absolute atomic E-state index is 5.57. The number of nitrogens with one attached hydrogen (secondary N) is 1. The van der Waals surface area contributed by atoms with Crippen molar-refractivity contribution in [3.63, 3.8) is 0 Å². The molecule has 0 amide bonds. The van der Waals surface area contributed by atoms with Crippen LogP contribution < -0.4 is 11.3 Å². The minimum atomic E-state index is 0.233. The zero-order valence-corrected chi connectivity index (χ0v) is 12.3. The van der Waals surface area contributed by atoms with Gasteiger partial charge in [0.05, 0.1) is 6.04 Å². The predicted molar refractivity (Wildman–Crippen MR) is 76.8 cm³/mol. The van der Waals surface area contributed by atoms with Crippen LogP contribution >= 0.6 is 0 Å². The fourth-order valence-corrected chi connectivity index (χ4v) is 2.50. The third kappa shape index (κ3) is 2.86. The van der Waals surface area contributed by atoms with Gasteiger partial charge in [-0.2, -0.15) is 0 Å². The Labute approximate surface area is 115 Å². The first-order valence-corrected chi connectivity index (χ1v) is 6.79. The van der Waals surface area contributed by atoms with Crippen LogP contribution in [0, 0.1) is 6.92 Å². The minimum Gasteiger partial charge on any atom is -0.308 e. The molecular weight excluding hydrogens is 240 g/mol. The molecule has 2 heterocycles. The van der Waals surface area contributed by atoms with Crippen molar-refractivity contribution < 1.29 is 0 Å². The fourth-order valence-electron chi connectivity index (χ4n) is 2.50. The topological polar surface area (TPSA) is 70.3 Å². The summed E-state index contributed by atoms with van der Waals surface area (Å²) in [4.78, 5) is 13.9. The molecule has 6 nitrogen and oxygen atoms in total. The fraction of sp³-hybridized carbons (Fsp3) is 0.692. The summed E-state index contributed by atoms with van der Waals surface area (Å²) >= 11 is 0. The molecule has 6 heteroatoms. The molecular formula is C13H24N6. The molecule has 0 spiro atoms. The lowest BCUT2D eigenvalue weighted by Gasteiger charge is -2.37. The van der Waals surface area contributed by atoms with Crippen molar-refractivity contribution in [1.82, 2.24) is 19.8 Å². The van der Waals surface area contributed by atoms with E-state index in [2.05, 4.69) is 41.2 Å². The number of aromatic nitrogens is 2. The highest BCUT2D eigenvalue weighted by Crippen LogP contribution is 2.24. The van der Waals surface area contributed by atoms with Gasteiger partial charge in [0.2, 0.25) is 0 Å². The molecule has 0 bridgehead atoms. The molecule has 1 unspecified atom stereocenters. The Morgan fingerprint density at radius 3 is 2.68 bits per heavy atom. The van der Waals surface area contributed by atoms with Gasteiger partial charge >= 0.3 is 0 Å². The molecule has 1 atom stereocenters. The summed E-state index contributed by atoms with van der Waals surface area (Å²) < 4.78 is 0. The maximum Gasteiger partial charge on any atom is 0.149 e. The SMILES string of the molecule is CCc1nc(C2CN(C)CCN2C)nc(NN)c1C. The largest absolute Gasteiger partial charge is 0.308 e. The number of nitrogens with two attached hydrogens (primary N) is 1. The second-order valence-electron chi connectivity index (χ2n) is 5.26. The number of rotatable bonds is 3. The second kappa shape index (κ2) is 5.81. The Morgan fingerprint density at radius 2 is 2.05 bits per heavy atom. The Hall–Kier alpha value is -1.24. The molecule has 1 aromatic rings. The molecule has 0 aromatic carbocycles. The zero-order chi connectivity index (χ0) is 14.0. The smallest absolute Gasteiger partial charge is 0.149 e. The van der Waals surface area contributed by atoms with Gasteiger partial charge in [-0.1, -0.05) is 6.92 Å². The first kappa shape index (κ1) is 14.2. The van der Waals surface area contributed by atoms with Crippen LogP contribution in [0.25, 0.3) is 0 Å². The van der Waals surface area contributed by atoms with Crippen LogP contribution in [0.4, 0.5) is 5.82 Å². The van der Waals surface area contributed by atoms with E-state index in [-0.39, 0.29) is 6.04 Å². The third-order valence-electron chi connectivity index (χ3n) is 3.88. The van der Waals surface area contributed by atoms with Crippen LogP contribution in [-0.4, -0.2) is 53.5 Å². The van der Waals surface area contributed by atoms with E-state index in [4.69, 9.17) is 10.8 Å². The first-order chi connectivity index (χ1) is 9.06. The molecule has 2 rings (SSSR count). The van der Waals surface area contributed by atoms with Gasteiger partial charge in [0.25, 0.3) is 0 Å². The molecule has 19 heavy (non-hydrogen) atoms. The van der Waals surface area contributed by atoms with Crippen LogP contribution in [0.2, 0.25) is 0 Å². The van der Waals surface area contributed by atoms with Crippen molar-refractivity contribution in [3.05, 3.63) is 17.1 Å². The number of anilines is 1. The first-order valence-electron chi connectivity index (χ1n) is 6.79. The highest BCUT2D eigenvalue weighted by atomic mass is 15.3. The highest BCUT2D eigenvalue weighted by molar-refractivity contribution is 5.45. The Kier molecular flexibility index (Phi) is 4.34. The van der Waals surface area contributed by atoms with E-state index < -0.39 is 0 Å². The summed E-state index contributed by atoms with van der Waals surface area (Å²) in [5.74, 6) is 7.17. The highest BCUT2D eigenvalue weighted by Gasteiger charge is 2.27. The number of nitrogens with zero attached hydrogens (tertiary/aromatic N) is 4. The predicted octanol–water partition coefficient (Wildman–Crippen LogP) is 0.551. The summed E-state index contributed by atoms with van der Waals surface area (Å²) in [5, 5.41) is 0. The second-order valence-corrected chi connectivity index (χ2v) is 5.26. The van der Waals surface area contributed by atoms with Gasteiger partial charge in [-0.25, -0.2) is 15.8 Å². The molecule has 1 aromatic heterocycles. The van der Waals surface area contributed by atoms with E-state index in [0.717, 1.165) is 49.0 Å². The third-order valence-corrected chi connectivity index (χ3v) is 3.88. The number of likely N-dealkylation sites (N-methyl/N-ethyl adjacent to an activating group) is 2. The van der Waals surface area contributed by atoms with Crippen LogP contribution in [0.3, 0.4) is 0 Å². The van der Waals surface area contributed by atoms with Crippen molar-refractivity contribution in [3.8, 4) is 0 Å². The summed E-state index contributed by atoms with van der Waals surface area (Å²) in [6, 6.07) is 0.233. The lowest BCUT2D eigenvalue weighted by atomic mass is 10.1. The van der Waals surface area contributed by atoms with Crippen molar-refractivity contribution in [2.75, 3.05) is 39.2 Å². The molecule has 3 N–H and O–H groups in total. The van der Waals surface area contributed by atoms with Gasteiger partial charge in [0.15, 0.2) is 0 Å². The average molecular weight is 264 g/mol. The maximum atomic E-state index is 5.57. The Morgan fingerprint density at radius 1 is 1.32 bits per heavy atom. The molecule has 0 saturated carbocycles. The number of nitrogen functional groups attached to an aromatic ring is 1. The normalized spacial score (nSPS) is 21.6. The van der Waals surface area contributed by atoms with E-state index in [1.165, 1.54) is 0 Å². The van der Waals surface area contributed by atoms with Gasteiger partial charge in [0, 0.05) is 30.9 Å². The van der Waals surface area contributed by atoms with E-state index in [1.54, 1.807) is 0 Å². The van der Waals surface area contributed by atoms with Crippen LogP contribution in [0.5, 0.6) is 0 Å². The van der Waals surface area contributed by atoms with Crippen LogP contribution in [0.15, 0.2) is 0 Å². The Bertz CT molecular complexity index is 422. The van der Waals surface area contributed by atoms with Gasteiger partial charge in [-0.05, 0) is 27.4 Å². The van der Waals surface area contributed by atoms with Crippen molar-refractivity contribution in [2.45, 2.75) is 26.3 Å². The zero-order valence-electron chi connectivity index (χ0n) is 12.3. The molecule has 1 saturated heterocycles. The van der Waals surface area contributed by atoms with Crippen LogP contribution in [0.1, 0.15) is 30.0 Å². The molecule has 0 radical (unpaired) electrons. The minimum absolute atomic E-state index is 0.233. The van der Waals surface area contributed by atoms with Crippen molar-refractivity contribution in [1.29, 1.82) is 0 Å². The lowest BCUT2D eigenvalue weighted by molar-refractivity contribution is 0.109. The number of aryl methyl sites for hydroxylation is 1. The van der Waals surface area contributed by atoms with Gasteiger partial charge in [-0.15, -0.1) is 0 Å². The number of piperazine rings is 1. The number of hydrogen-bond acceptors (Lipinski definition) is 6. The van der Waals surface area contributed by atoms with E-state index in [9.17, 15) is 0 Å². The van der Waals surface area contributed by atoms with E-state index >= 15 is 0 Å². The molecule has 1 aliphatic heterocycles. The summed E-state index contributed by atoms with van der Waals surface area (Å²) in [6.45, 7) is 7.18. The monoisotopic (exact) mass is 264 g/mol. The van der Waals surface area contributed by atoms with Crippen molar-refractivity contribution in [2.24, 2.45) is 5.84 Å². The molecule has 1 aliphatic rings. The summed E-state index contributed by atoms with van der Waals surface area (Å²) in [5.41, 5.74) is 4.80. The van der Waals surface area contributed by atoms with E-state index in [0.29, 0.717) is 0 Å². The van der Waals surface area contributed by atoms with Crippen LogP contribution in [-0.2, 0) is 6.42 Å². The Balaban J connectivity index is 2.38. The summed E-state index contributed by atoms with van der Waals surface area (Å²) in [7, 11) is 4.26. The van der Waals surface area contributed by atoms with E-state index in [1.807, 2.05) is 6.92 Å². The van der Waals surface area contributed by atoms with Gasteiger partial charge in [0.1, 0.15) is 11.6 Å². The average Bonchev–Trinajstić information content (AvgIpc) is 2.42. The van der Waals surface area contributed by atoms with Crippen molar-refractivity contribution >= 4 is 5.82 Å². The summed E-state index contributed by atoms with van der Waals surface area (Å²) in [6.07, 6.45) is 0.891. The van der Waals surface area contributed by atoms with Gasteiger partial charge < -0.3 is 10.3 Å².